The van der Waals surface area contributed by atoms with E-state index in [-0.39, 0.29) is 0 Å². The summed E-state index contributed by atoms with van der Waals surface area (Å²) in [5.74, 6) is 0. The molecule has 1 N–H and O–H groups in total. The summed E-state index contributed by atoms with van der Waals surface area (Å²) in [7, 11) is 4.16. The predicted molar refractivity (Wildman–Crippen MR) is 86.9 cm³/mol. The molecule has 20 heavy (non-hydrogen) atoms. The first kappa shape index (κ1) is 15.2. The lowest BCUT2D eigenvalue weighted by atomic mass is 10.1. The Balaban J connectivity index is 2.29. The van der Waals surface area contributed by atoms with Crippen LogP contribution in [0.2, 0.25) is 0 Å². The van der Waals surface area contributed by atoms with E-state index in [1.54, 1.807) is 0 Å². The van der Waals surface area contributed by atoms with Gasteiger partial charge < -0.3 is 10.2 Å². The van der Waals surface area contributed by atoms with E-state index < -0.39 is 0 Å². The largest absolute Gasteiger partial charge is 0.310 e. The monoisotopic (exact) mass is 289 g/mol. The molecule has 108 valence electrons. The molecular weight excluding hydrogens is 266 g/mol. The molecule has 0 aliphatic rings. The molecule has 0 bridgehead atoms. The van der Waals surface area contributed by atoms with Crippen molar-refractivity contribution in [1.82, 2.24) is 15.2 Å². The Kier molecular flexibility index (Phi) is 5.29. The highest BCUT2D eigenvalue weighted by atomic mass is 32.1. The van der Waals surface area contributed by atoms with Gasteiger partial charge in [0, 0.05) is 29.6 Å². The highest BCUT2D eigenvalue weighted by Gasteiger charge is 2.13. The smallest absolute Gasteiger partial charge is 0.108 e. The van der Waals surface area contributed by atoms with Crippen LogP contribution in [0.3, 0.4) is 0 Å². The molecular formula is C16H23N3S. The number of aromatic nitrogens is 1. The van der Waals surface area contributed by atoms with Crippen molar-refractivity contribution in [3.05, 3.63) is 40.2 Å². The fourth-order valence-electron chi connectivity index (χ4n) is 1.98. The molecule has 0 atom stereocenters. The van der Waals surface area contributed by atoms with Gasteiger partial charge in [0.2, 0.25) is 0 Å². The molecule has 3 nitrogen and oxygen atoms in total. The van der Waals surface area contributed by atoms with Crippen molar-refractivity contribution in [2.24, 2.45) is 0 Å². The van der Waals surface area contributed by atoms with Gasteiger partial charge in [-0.3, -0.25) is 0 Å². The zero-order valence-electron chi connectivity index (χ0n) is 12.7. The summed E-state index contributed by atoms with van der Waals surface area (Å²) in [6, 6.07) is 10.9. The standard InChI is InChI=1S/C16H23N3S/c1-12(2)17-10-14-16(13-8-6-5-7-9-13)18-15(20-14)11-19(3)4/h5-9,12,17H,10-11H2,1-4H3. The molecule has 2 rings (SSSR count). The van der Waals surface area contributed by atoms with E-state index in [9.17, 15) is 0 Å². The highest BCUT2D eigenvalue weighted by Crippen LogP contribution is 2.28. The van der Waals surface area contributed by atoms with Crippen molar-refractivity contribution < 1.29 is 0 Å². The number of benzene rings is 1. The Hall–Kier alpha value is -1.23. The van der Waals surface area contributed by atoms with Gasteiger partial charge in [-0.05, 0) is 14.1 Å². The van der Waals surface area contributed by atoms with E-state index in [2.05, 4.69) is 62.4 Å². The second kappa shape index (κ2) is 6.97. The van der Waals surface area contributed by atoms with Crippen LogP contribution in [-0.2, 0) is 13.1 Å². The molecule has 0 spiro atoms. The fourth-order valence-corrected chi connectivity index (χ4v) is 3.14. The third kappa shape index (κ3) is 4.13. The molecule has 0 aliphatic heterocycles. The Morgan fingerprint density at radius 1 is 1.20 bits per heavy atom. The number of hydrogen-bond donors (Lipinski definition) is 1. The zero-order valence-corrected chi connectivity index (χ0v) is 13.5. The van der Waals surface area contributed by atoms with E-state index in [0.717, 1.165) is 18.8 Å². The quantitative estimate of drug-likeness (QED) is 0.883. The van der Waals surface area contributed by atoms with Crippen LogP contribution < -0.4 is 5.32 Å². The maximum Gasteiger partial charge on any atom is 0.108 e. The third-order valence-electron chi connectivity index (χ3n) is 2.91. The molecule has 0 unspecified atom stereocenters. The summed E-state index contributed by atoms with van der Waals surface area (Å²) in [5, 5.41) is 4.67. The SMILES string of the molecule is CC(C)NCc1sc(CN(C)C)nc1-c1ccccc1. The van der Waals surface area contributed by atoms with Gasteiger partial charge in [-0.15, -0.1) is 11.3 Å². The summed E-state index contributed by atoms with van der Waals surface area (Å²) in [6.45, 7) is 6.12. The minimum absolute atomic E-state index is 0.484. The number of nitrogens with zero attached hydrogens (tertiary/aromatic N) is 2. The van der Waals surface area contributed by atoms with E-state index in [1.165, 1.54) is 15.4 Å². The average Bonchev–Trinajstić information content (AvgIpc) is 2.79. The van der Waals surface area contributed by atoms with Crippen LogP contribution in [0.4, 0.5) is 0 Å². The van der Waals surface area contributed by atoms with Crippen molar-refractivity contribution >= 4 is 11.3 Å². The van der Waals surface area contributed by atoms with Gasteiger partial charge in [0.1, 0.15) is 5.01 Å². The van der Waals surface area contributed by atoms with E-state index >= 15 is 0 Å². The number of hydrogen-bond acceptors (Lipinski definition) is 4. The summed E-state index contributed by atoms with van der Waals surface area (Å²) in [4.78, 5) is 8.32. The number of nitrogens with one attached hydrogen (secondary N) is 1. The van der Waals surface area contributed by atoms with Gasteiger partial charge in [0.25, 0.3) is 0 Å². The average molecular weight is 289 g/mol. The van der Waals surface area contributed by atoms with Gasteiger partial charge in [0.15, 0.2) is 0 Å². The topological polar surface area (TPSA) is 28.2 Å². The van der Waals surface area contributed by atoms with Crippen LogP contribution in [0.5, 0.6) is 0 Å². The van der Waals surface area contributed by atoms with Crippen LogP contribution in [0.25, 0.3) is 11.3 Å². The van der Waals surface area contributed by atoms with Crippen LogP contribution >= 0.6 is 11.3 Å². The highest BCUT2D eigenvalue weighted by molar-refractivity contribution is 7.12. The molecule has 1 aromatic carbocycles. The van der Waals surface area contributed by atoms with E-state index in [1.807, 2.05) is 17.4 Å². The summed E-state index contributed by atoms with van der Waals surface area (Å²) in [6.07, 6.45) is 0. The Morgan fingerprint density at radius 2 is 1.90 bits per heavy atom. The van der Waals surface area contributed by atoms with Crippen LogP contribution in [-0.4, -0.2) is 30.0 Å². The van der Waals surface area contributed by atoms with E-state index in [4.69, 9.17) is 4.98 Å². The molecule has 0 radical (unpaired) electrons. The van der Waals surface area contributed by atoms with Gasteiger partial charge in [-0.2, -0.15) is 0 Å². The van der Waals surface area contributed by atoms with E-state index in [0.29, 0.717) is 6.04 Å². The molecule has 1 heterocycles. The number of thiazole rings is 1. The Labute approximate surface area is 125 Å². The lowest BCUT2D eigenvalue weighted by Crippen LogP contribution is -2.21. The van der Waals surface area contributed by atoms with Crippen molar-refractivity contribution in [2.45, 2.75) is 33.0 Å². The Morgan fingerprint density at radius 3 is 2.50 bits per heavy atom. The van der Waals surface area contributed by atoms with Crippen molar-refractivity contribution in [3.8, 4) is 11.3 Å². The molecule has 0 amide bonds. The second-order valence-corrected chi connectivity index (χ2v) is 6.69. The molecule has 4 heteroatoms. The van der Waals surface area contributed by atoms with Gasteiger partial charge >= 0.3 is 0 Å². The molecule has 0 aliphatic carbocycles. The van der Waals surface area contributed by atoms with Crippen molar-refractivity contribution in [1.29, 1.82) is 0 Å². The normalized spacial score (nSPS) is 11.5. The summed E-state index contributed by atoms with van der Waals surface area (Å²) >= 11 is 1.81. The van der Waals surface area contributed by atoms with Crippen LogP contribution in [0.15, 0.2) is 30.3 Å². The molecule has 0 fully saturated rings. The summed E-state index contributed by atoms with van der Waals surface area (Å²) in [5.41, 5.74) is 2.33. The lowest BCUT2D eigenvalue weighted by molar-refractivity contribution is 0.402. The molecule has 0 saturated carbocycles. The lowest BCUT2D eigenvalue weighted by Gasteiger charge is -2.07. The molecule has 2 aromatic rings. The third-order valence-corrected chi connectivity index (χ3v) is 3.95. The summed E-state index contributed by atoms with van der Waals surface area (Å²) < 4.78 is 0. The minimum atomic E-state index is 0.484. The first-order valence-corrected chi connectivity index (χ1v) is 7.80. The predicted octanol–water partition coefficient (Wildman–Crippen LogP) is 3.37. The van der Waals surface area contributed by atoms with Gasteiger partial charge in [-0.25, -0.2) is 4.98 Å². The first-order chi connectivity index (χ1) is 9.56. The van der Waals surface area contributed by atoms with Crippen molar-refractivity contribution in [2.75, 3.05) is 14.1 Å². The van der Waals surface area contributed by atoms with Crippen molar-refractivity contribution in [3.63, 3.8) is 0 Å². The second-order valence-electron chi connectivity index (χ2n) is 5.52. The fraction of sp³-hybridized carbons (Fsp3) is 0.438. The van der Waals surface area contributed by atoms with Crippen LogP contribution in [0.1, 0.15) is 23.7 Å². The zero-order chi connectivity index (χ0) is 14.5. The molecule has 0 saturated heterocycles. The maximum absolute atomic E-state index is 4.84. The minimum Gasteiger partial charge on any atom is -0.310 e. The van der Waals surface area contributed by atoms with Gasteiger partial charge in [-0.1, -0.05) is 44.2 Å². The van der Waals surface area contributed by atoms with Gasteiger partial charge in [0.05, 0.1) is 5.69 Å². The first-order valence-electron chi connectivity index (χ1n) is 6.98. The molecule has 1 aromatic heterocycles. The van der Waals surface area contributed by atoms with Crippen LogP contribution in [0, 0.1) is 0 Å². The number of rotatable bonds is 6. The Bertz CT molecular complexity index is 532. The maximum atomic E-state index is 4.84.